The molecule has 1 radical (unpaired) electrons. The van der Waals surface area contributed by atoms with Crippen LogP contribution in [0.1, 0.15) is 41.5 Å². The Hall–Kier alpha value is 0.976. The van der Waals surface area contributed by atoms with E-state index in [2.05, 4.69) is 60.3 Å². The van der Waals surface area contributed by atoms with Gasteiger partial charge in [-0.1, -0.05) is 0 Å². The van der Waals surface area contributed by atoms with Crippen LogP contribution in [0.15, 0.2) is 0 Å². The summed E-state index contributed by atoms with van der Waals surface area (Å²) in [5.41, 5.74) is 0. The first-order valence-electron chi connectivity index (χ1n) is 4.05. The minimum absolute atomic E-state index is 0. The molecule has 0 saturated carbocycles. The van der Waals surface area contributed by atoms with E-state index in [1.807, 2.05) is 0 Å². The van der Waals surface area contributed by atoms with Crippen LogP contribution in [0.3, 0.4) is 0 Å². The molecule has 0 heterocycles. The largest absolute Gasteiger partial charge is 2.00 e. The van der Waals surface area contributed by atoms with E-state index in [0.29, 0.717) is 0 Å². The molecule has 0 fully saturated rings. The van der Waals surface area contributed by atoms with Crippen LogP contribution in [0, 0.1) is 57.0 Å². The second kappa shape index (κ2) is 24.3. The molecule has 4 heteroatoms. The van der Waals surface area contributed by atoms with E-state index in [0.717, 1.165) is 0 Å². The summed E-state index contributed by atoms with van der Waals surface area (Å²) in [4.78, 5) is 9.42. The number of rotatable bonds is 0. The van der Waals surface area contributed by atoms with Crippen LogP contribution in [0.4, 0.5) is 0 Å². The van der Waals surface area contributed by atoms with Crippen LogP contribution >= 0.6 is 0 Å². The van der Waals surface area contributed by atoms with Crippen molar-refractivity contribution < 1.29 is 59.2 Å². The average Bonchev–Trinajstić information content (AvgIpc) is 1.84. The first-order valence-corrected chi connectivity index (χ1v) is 4.05. The molecule has 0 aliphatic rings. The number of ether oxygens (including phenoxy) is 1. The zero-order chi connectivity index (χ0) is 11.4. The molecule has 87 valence electrons. The fraction of sp³-hybridized carbons (Fsp3) is 0.545. The molecule has 0 spiro atoms. The Morgan fingerprint density at radius 3 is 1.07 bits per heavy atom. The van der Waals surface area contributed by atoms with Crippen molar-refractivity contribution in [3.05, 3.63) is 25.9 Å². The molecule has 0 aromatic heterocycles. The van der Waals surface area contributed by atoms with Gasteiger partial charge in [-0.2, -0.15) is 48.7 Å². The standard InChI is InChI=1S/2C4H9.C3H4O2.U.V/c2*1-4(2)3;1-3(4)5-2;;/h2*1-3H3;1-2H2;;/q2*-1;-2;2*+2. The minimum atomic E-state index is -0.606. The average molecular weight is 475 g/mol. The van der Waals surface area contributed by atoms with Crippen LogP contribution in [0.2, 0.25) is 0 Å². The number of hydrogen-bond donors (Lipinski definition) is 0. The van der Waals surface area contributed by atoms with E-state index >= 15 is 0 Å². The molecule has 0 saturated heterocycles. The van der Waals surface area contributed by atoms with E-state index in [1.54, 1.807) is 0 Å². The van der Waals surface area contributed by atoms with Gasteiger partial charge in [0.2, 0.25) is 0 Å². The third kappa shape index (κ3) is 285. The topological polar surface area (TPSA) is 26.3 Å². The van der Waals surface area contributed by atoms with Crippen molar-refractivity contribution in [3.63, 3.8) is 0 Å². The normalized spacial score (nSPS) is 7.00. The van der Waals surface area contributed by atoms with Crippen molar-refractivity contribution in [3.8, 4) is 0 Å². The summed E-state index contributed by atoms with van der Waals surface area (Å²) in [5.74, 6) is 2.23. The molecule has 0 aliphatic heterocycles. The van der Waals surface area contributed by atoms with Crippen molar-refractivity contribution in [2.75, 3.05) is 0 Å². The van der Waals surface area contributed by atoms with Gasteiger partial charge in [-0.15, -0.1) is 0 Å². The molecule has 0 aromatic rings. The van der Waals surface area contributed by atoms with Gasteiger partial charge in [0.15, 0.2) is 0 Å². The number of carbonyl (C=O) groups is 1. The van der Waals surface area contributed by atoms with Gasteiger partial charge in [0.1, 0.15) is 5.97 Å². The van der Waals surface area contributed by atoms with Crippen molar-refractivity contribution in [1.82, 2.24) is 0 Å². The second-order valence-electron chi connectivity index (χ2n) is 3.52. The molecular weight excluding hydrogens is 453 g/mol. The second-order valence-corrected chi connectivity index (χ2v) is 3.52. The summed E-state index contributed by atoms with van der Waals surface area (Å²) in [6.45, 7) is 15.3. The third-order valence-electron chi connectivity index (χ3n) is 0.161. The zero-order valence-corrected chi connectivity index (χ0v) is 16.2. The Morgan fingerprint density at radius 2 is 1.07 bits per heavy atom. The maximum absolute atomic E-state index is 9.42. The van der Waals surface area contributed by atoms with Crippen molar-refractivity contribution in [2.24, 2.45) is 0 Å². The molecule has 0 unspecified atom stereocenters. The predicted molar refractivity (Wildman–Crippen MR) is 57.3 cm³/mol. The van der Waals surface area contributed by atoms with Gasteiger partial charge >= 0.3 is 49.7 Å². The molecule has 0 aromatic carbocycles. The van der Waals surface area contributed by atoms with Gasteiger partial charge in [-0.05, 0) is 0 Å². The number of esters is 1. The molecule has 0 rings (SSSR count). The van der Waals surface area contributed by atoms with E-state index in [1.165, 1.54) is 11.8 Å². The zero-order valence-electron chi connectivity index (χ0n) is 10.7. The third-order valence-corrected chi connectivity index (χ3v) is 0.161. The fourth-order valence-corrected chi connectivity index (χ4v) is 0. The van der Waals surface area contributed by atoms with Crippen LogP contribution in [-0.4, -0.2) is 5.97 Å². The van der Waals surface area contributed by atoms with Crippen LogP contribution in [-0.2, 0) is 28.1 Å². The first-order chi connectivity index (χ1) is 5.73. The fourth-order valence-electron chi connectivity index (χ4n) is 0. The van der Waals surface area contributed by atoms with Gasteiger partial charge in [-0.3, -0.25) is 4.79 Å². The smallest absolute Gasteiger partial charge is 0.662 e. The van der Waals surface area contributed by atoms with Gasteiger partial charge in [0, 0.05) is 0 Å². The van der Waals surface area contributed by atoms with E-state index in [9.17, 15) is 4.79 Å². The summed E-state index contributed by atoms with van der Waals surface area (Å²) in [7, 11) is 2.77. The SMILES string of the molecule is C[C-](C)C.C[C-](C)C.[CH2-]OC([CH2-])=O.[U+2].[V+2]. The molecular formula is C11H22O2UV. The van der Waals surface area contributed by atoms with Crippen LogP contribution < -0.4 is 0 Å². The molecule has 0 amide bonds. The maximum Gasteiger partial charge on any atom is 2.00 e. The molecule has 0 aliphatic carbocycles. The van der Waals surface area contributed by atoms with Crippen molar-refractivity contribution in [2.45, 2.75) is 41.5 Å². The van der Waals surface area contributed by atoms with Gasteiger partial charge in [-0.25, -0.2) is 0 Å². The van der Waals surface area contributed by atoms with Gasteiger partial charge in [0.25, 0.3) is 0 Å². The Balaban J connectivity index is -0.0000000315. The number of hydrogen-bond acceptors (Lipinski definition) is 2. The minimum Gasteiger partial charge on any atom is -0.662 e. The Labute approximate surface area is 132 Å². The molecule has 0 N–H and O–H groups in total. The predicted octanol–water partition coefficient (Wildman–Crippen LogP) is 3.39. The Kier molecular flexibility index (Phi) is 48.1. The molecule has 0 bridgehead atoms. The summed E-state index contributed by atoms with van der Waals surface area (Å²) >= 11 is 0. The van der Waals surface area contributed by atoms with Crippen molar-refractivity contribution >= 4 is 5.97 Å². The first kappa shape index (κ1) is 29.7. The summed E-state index contributed by atoms with van der Waals surface area (Å²) in [6, 6.07) is 0. The van der Waals surface area contributed by atoms with Crippen LogP contribution in [0.25, 0.3) is 0 Å². The van der Waals surface area contributed by atoms with E-state index < -0.39 is 5.97 Å². The van der Waals surface area contributed by atoms with E-state index in [4.69, 9.17) is 0 Å². The Bertz CT molecular complexity index is 95.3. The maximum atomic E-state index is 9.42. The van der Waals surface area contributed by atoms with Gasteiger partial charge < -0.3 is 23.5 Å². The number of carbonyl (C=O) groups excluding carboxylic acids is 1. The van der Waals surface area contributed by atoms with Crippen molar-refractivity contribution in [1.29, 1.82) is 0 Å². The molecule has 0 atom stereocenters. The summed E-state index contributed by atoms with van der Waals surface area (Å²) in [5, 5.41) is 0. The monoisotopic (exact) mass is 475 g/mol. The molecule has 2 nitrogen and oxygen atoms in total. The molecule has 15 heavy (non-hydrogen) atoms. The summed E-state index contributed by atoms with van der Waals surface area (Å²) in [6.07, 6.45) is 0. The summed E-state index contributed by atoms with van der Waals surface area (Å²) < 4.78 is 3.75. The van der Waals surface area contributed by atoms with Gasteiger partial charge in [0.05, 0.1) is 0 Å². The van der Waals surface area contributed by atoms with Crippen LogP contribution in [0.5, 0.6) is 0 Å². The quantitative estimate of drug-likeness (QED) is 0.397. The van der Waals surface area contributed by atoms with E-state index in [-0.39, 0.29) is 49.7 Å². The Morgan fingerprint density at radius 1 is 1.00 bits per heavy atom.